The van der Waals surface area contributed by atoms with Crippen molar-refractivity contribution in [2.45, 2.75) is 19.9 Å². The molecule has 19 heavy (non-hydrogen) atoms. The topological polar surface area (TPSA) is 81.2 Å². The Morgan fingerprint density at radius 3 is 2.79 bits per heavy atom. The second-order valence-electron chi connectivity index (χ2n) is 4.10. The number of halogens is 1. The van der Waals surface area contributed by atoms with E-state index in [4.69, 9.17) is 16.0 Å². The number of anilines is 1. The highest BCUT2D eigenvalue weighted by atomic mass is 35.5. The fourth-order valence-electron chi connectivity index (χ4n) is 1.64. The third kappa shape index (κ3) is 3.23. The van der Waals surface area contributed by atoms with Crippen LogP contribution >= 0.6 is 11.6 Å². The molecular weight excluding hydrogens is 270 g/mol. The van der Waals surface area contributed by atoms with Gasteiger partial charge in [-0.3, -0.25) is 10.1 Å². The van der Waals surface area contributed by atoms with Crippen LogP contribution in [0.2, 0.25) is 5.15 Å². The molecule has 2 rings (SSSR count). The molecule has 2 aromatic rings. The Kier molecular flexibility index (Phi) is 3.71. The lowest BCUT2D eigenvalue weighted by Crippen LogP contribution is -2.07. The predicted octanol–water partition coefficient (Wildman–Crippen LogP) is 3.72. The molecule has 0 aliphatic heterocycles. The maximum absolute atomic E-state index is 10.7. The van der Waals surface area contributed by atoms with E-state index in [1.54, 1.807) is 0 Å². The monoisotopic (exact) mass is 281 g/mol. The third-order valence-electron chi connectivity index (χ3n) is 2.54. The van der Waals surface area contributed by atoms with E-state index in [2.05, 4.69) is 10.3 Å². The normalized spacial score (nSPS) is 12.2. The first kappa shape index (κ1) is 13.4. The number of rotatable bonds is 4. The van der Waals surface area contributed by atoms with E-state index in [-0.39, 0.29) is 16.9 Å². The quantitative estimate of drug-likeness (QED) is 0.525. The molecule has 7 heteroatoms. The van der Waals surface area contributed by atoms with Gasteiger partial charge in [-0.1, -0.05) is 11.6 Å². The van der Waals surface area contributed by atoms with Gasteiger partial charge in [-0.25, -0.2) is 4.98 Å². The average molecular weight is 282 g/mol. The number of aromatic nitrogens is 1. The summed E-state index contributed by atoms with van der Waals surface area (Å²) in [4.78, 5) is 14.2. The minimum Gasteiger partial charge on any atom is -0.464 e. The van der Waals surface area contributed by atoms with Gasteiger partial charge in [0.25, 0.3) is 5.69 Å². The summed E-state index contributed by atoms with van der Waals surface area (Å²) < 4.78 is 5.47. The summed E-state index contributed by atoms with van der Waals surface area (Å²) in [6.07, 6.45) is 0. The van der Waals surface area contributed by atoms with Gasteiger partial charge in [-0.15, -0.1) is 0 Å². The van der Waals surface area contributed by atoms with Gasteiger partial charge in [0.15, 0.2) is 0 Å². The van der Waals surface area contributed by atoms with Crippen LogP contribution in [0, 0.1) is 17.0 Å². The standard InChI is InChI=1S/C12H12ClN3O3/c1-7-3-4-10(19-7)8(2)14-12-6-9(16(17)18)5-11(13)15-12/h3-6,8H,1-2H3,(H,14,15). The molecule has 1 atom stereocenters. The summed E-state index contributed by atoms with van der Waals surface area (Å²) >= 11 is 5.75. The minimum absolute atomic E-state index is 0.0690. The Balaban J connectivity index is 2.21. The van der Waals surface area contributed by atoms with Gasteiger partial charge in [-0.2, -0.15) is 0 Å². The fourth-order valence-corrected chi connectivity index (χ4v) is 1.84. The molecule has 0 radical (unpaired) electrons. The summed E-state index contributed by atoms with van der Waals surface area (Å²) in [6.45, 7) is 3.71. The van der Waals surface area contributed by atoms with Crippen LogP contribution in [0.15, 0.2) is 28.7 Å². The third-order valence-corrected chi connectivity index (χ3v) is 2.74. The Bertz CT molecular complexity index is 612. The van der Waals surface area contributed by atoms with Gasteiger partial charge in [0.1, 0.15) is 22.5 Å². The zero-order chi connectivity index (χ0) is 14.0. The number of hydrogen-bond donors (Lipinski definition) is 1. The van der Waals surface area contributed by atoms with E-state index >= 15 is 0 Å². The number of pyridine rings is 1. The first-order chi connectivity index (χ1) is 8.95. The van der Waals surface area contributed by atoms with Crippen molar-refractivity contribution in [1.82, 2.24) is 4.98 Å². The summed E-state index contributed by atoms with van der Waals surface area (Å²) in [6, 6.07) is 6.05. The molecule has 2 heterocycles. The number of nitrogens with one attached hydrogen (secondary N) is 1. The molecule has 1 unspecified atom stereocenters. The van der Waals surface area contributed by atoms with E-state index in [1.165, 1.54) is 12.1 Å². The highest BCUT2D eigenvalue weighted by Crippen LogP contribution is 2.24. The molecule has 100 valence electrons. The van der Waals surface area contributed by atoms with Gasteiger partial charge in [0, 0.05) is 0 Å². The van der Waals surface area contributed by atoms with Gasteiger partial charge < -0.3 is 9.73 Å². The second kappa shape index (κ2) is 5.27. The van der Waals surface area contributed by atoms with Crippen LogP contribution in [0.5, 0.6) is 0 Å². The van der Waals surface area contributed by atoms with Crippen molar-refractivity contribution in [3.63, 3.8) is 0 Å². The molecule has 0 fully saturated rings. The first-order valence-corrected chi connectivity index (χ1v) is 5.98. The number of furan rings is 1. The molecule has 0 spiro atoms. The molecule has 0 saturated carbocycles. The number of nitrogens with zero attached hydrogens (tertiary/aromatic N) is 2. The van der Waals surface area contributed by atoms with Crippen LogP contribution in [0.1, 0.15) is 24.5 Å². The molecule has 1 N–H and O–H groups in total. The molecule has 0 aliphatic carbocycles. The lowest BCUT2D eigenvalue weighted by atomic mass is 10.2. The minimum atomic E-state index is -0.513. The maximum atomic E-state index is 10.7. The van der Waals surface area contributed by atoms with E-state index < -0.39 is 4.92 Å². The molecule has 0 bridgehead atoms. The number of nitro groups is 1. The van der Waals surface area contributed by atoms with E-state index in [9.17, 15) is 10.1 Å². The summed E-state index contributed by atoms with van der Waals surface area (Å²) in [5.41, 5.74) is -0.106. The van der Waals surface area contributed by atoms with E-state index in [0.29, 0.717) is 5.82 Å². The van der Waals surface area contributed by atoms with Crippen LogP contribution in [-0.2, 0) is 0 Å². The van der Waals surface area contributed by atoms with Crippen molar-refractivity contribution >= 4 is 23.1 Å². The van der Waals surface area contributed by atoms with Gasteiger partial charge in [-0.05, 0) is 26.0 Å². The summed E-state index contributed by atoms with van der Waals surface area (Å²) in [7, 11) is 0. The molecular formula is C12H12ClN3O3. The van der Waals surface area contributed by atoms with Crippen molar-refractivity contribution in [2.24, 2.45) is 0 Å². The molecule has 0 saturated heterocycles. The van der Waals surface area contributed by atoms with Crippen molar-refractivity contribution < 1.29 is 9.34 Å². The Hall–Kier alpha value is -2.08. The fraction of sp³-hybridized carbons (Fsp3) is 0.250. The SMILES string of the molecule is Cc1ccc(C(C)Nc2cc([N+](=O)[O-])cc(Cl)n2)o1. The lowest BCUT2D eigenvalue weighted by molar-refractivity contribution is -0.384. The molecule has 0 amide bonds. The van der Waals surface area contributed by atoms with Crippen molar-refractivity contribution in [1.29, 1.82) is 0 Å². The van der Waals surface area contributed by atoms with Gasteiger partial charge in [0.05, 0.1) is 23.1 Å². The maximum Gasteiger partial charge on any atom is 0.276 e. The van der Waals surface area contributed by atoms with Crippen molar-refractivity contribution in [2.75, 3.05) is 5.32 Å². The highest BCUT2D eigenvalue weighted by molar-refractivity contribution is 6.29. The highest BCUT2D eigenvalue weighted by Gasteiger charge is 2.14. The lowest BCUT2D eigenvalue weighted by Gasteiger charge is -2.12. The van der Waals surface area contributed by atoms with Crippen LogP contribution < -0.4 is 5.32 Å². The number of aryl methyl sites for hydroxylation is 1. The first-order valence-electron chi connectivity index (χ1n) is 5.60. The second-order valence-corrected chi connectivity index (χ2v) is 4.49. The van der Waals surface area contributed by atoms with Crippen LogP contribution in [0.4, 0.5) is 11.5 Å². The Morgan fingerprint density at radius 2 is 2.21 bits per heavy atom. The van der Waals surface area contributed by atoms with Gasteiger partial charge in [0.2, 0.25) is 0 Å². The zero-order valence-corrected chi connectivity index (χ0v) is 11.1. The summed E-state index contributed by atoms with van der Waals surface area (Å²) in [5.74, 6) is 1.86. The van der Waals surface area contributed by atoms with Crippen LogP contribution in [0.25, 0.3) is 0 Å². The Labute approximate surface area is 114 Å². The van der Waals surface area contributed by atoms with Crippen LogP contribution in [-0.4, -0.2) is 9.91 Å². The smallest absolute Gasteiger partial charge is 0.276 e. The number of hydrogen-bond acceptors (Lipinski definition) is 5. The predicted molar refractivity (Wildman–Crippen MR) is 71.4 cm³/mol. The molecule has 0 aromatic carbocycles. The van der Waals surface area contributed by atoms with E-state index in [0.717, 1.165) is 11.5 Å². The molecule has 2 aromatic heterocycles. The molecule has 0 aliphatic rings. The Morgan fingerprint density at radius 1 is 1.47 bits per heavy atom. The average Bonchev–Trinajstić information content (AvgIpc) is 2.75. The zero-order valence-electron chi connectivity index (χ0n) is 10.4. The van der Waals surface area contributed by atoms with Crippen molar-refractivity contribution in [3.05, 3.63) is 51.1 Å². The van der Waals surface area contributed by atoms with Crippen LogP contribution in [0.3, 0.4) is 0 Å². The van der Waals surface area contributed by atoms with Crippen molar-refractivity contribution in [3.8, 4) is 0 Å². The largest absolute Gasteiger partial charge is 0.464 e. The summed E-state index contributed by atoms with van der Waals surface area (Å²) in [5, 5.41) is 13.8. The van der Waals surface area contributed by atoms with E-state index in [1.807, 2.05) is 26.0 Å². The molecule has 6 nitrogen and oxygen atoms in total. The van der Waals surface area contributed by atoms with Gasteiger partial charge >= 0.3 is 0 Å².